The zero-order valence-electron chi connectivity index (χ0n) is 10.6. The Morgan fingerprint density at radius 1 is 1.26 bits per heavy atom. The number of nitrogens with two attached hydrogens (primary N) is 1. The van der Waals surface area contributed by atoms with E-state index in [0.29, 0.717) is 0 Å². The number of ether oxygens (including phenoxy) is 2. The molecule has 19 heavy (non-hydrogen) atoms. The Hall–Kier alpha value is -1.47. The number of halogens is 3. The third kappa shape index (κ3) is 4.29. The van der Waals surface area contributed by atoms with Crippen molar-refractivity contribution in [1.29, 1.82) is 0 Å². The zero-order valence-corrected chi connectivity index (χ0v) is 10.6. The van der Waals surface area contributed by atoms with E-state index in [9.17, 15) is 13.2 Å². The average Bonchev–Trinajstić information content (AvgIpc) is 2.35. The predicted molar refractivity (Wildman–Crippen MR) is 63.2 cm³/mol. The van der Waals surface area contributed by atoms with Crippen LogP contribution < -0.4 is 15.2 Å². The molecular weight excluding hydrogens is 263 g/mol. The van der Waals surface area contributed by atoms with Crippen molar-refractivity contribution in [2.24, 2.45) is 5.73 Å². The van der Waals surface area contributed by atoms with Crippen LogP contribution in [-0.4, -0.2) is 31.0 Å². The molecule has 0 saturated carbocycles. The fourth-order valence-electron chi connectivity index (χ4n) is 1.25. The minimum atomic E-state index is -4.46. The van der Waals surface area contributed by atoms with Crippen molar-refractivity contribution in [3.63, 3.8) is 0 Å². The van der Waals surface area contributed by atoms with Crippen LogP contribution >= 0.6 is 0 Å². The summed E-state index contributed by atoms with van der Waals surface area (Å²) in [7, 11) is 1.32. The highest BCUT2D eigenvalue weighted by molar-refractivity contribution is 5.43. The first-order valence-corrected chi connectivity index (χ1v) is 5.47. The van der Waals surface area contributed by atoms with Crippen LogP contribution in [0.15, 0.2) is 18.2 Å². The summed E-state index contributed by atoms with van der Waals surface area (Å²) in [6.45, 7) is 1.03. The molecule has 0 radical (unpaired) electrons. The monoisotopic (exact) mass is 279 g/mol. The van der Waals surface area contributed by atoms with E-state index in [1.807, 2.05) is 0 Å². The minimum absolute atomic E-state index is 0.0672. The van der Waals surface area contributed by atoms with Gasteiger partial charge in [-0.05, 0) is 25.1 Å². The van der Waals surface area contributed by atoms with Crippen LogP contribution in [0.25, 0.3) is 0 Å². The molecule has 0 amide bonds. The van der Waals surface area contributed by atoms with Gasteiger partial charge in [0, 0.05) is 0 Å². The smallest absolute Gasteiger partial charge is 0.416 e. The second-order valence-electron chi connectivity index (χ2n) is 4.46. The van der Waals surface area contributed by atoms with Gasteiger partial charge in [-0.15, -0.1) is 0 Å². The highest BCUT2D eigenvalue weighted by atomic mass is 19.4. The summed E-state index contributed by atoms with van der Waals surface area (Å²) in [6, 6.07) is 2.91. The molecule has 0 bridgehead atoms. The van der Waals surface area contributed by atoms with E-state index in [0.717, 1.165) is 12.1 Å². The number of aliphatic hydroxyl groups is 1. The van der Waals surface area contributed by atoms with Gasteiger partial charge < -0.3 is 20.3 Å². The molecule has 7 heteroatoms. The summed E-state index contributed by atoms with van der Waals surface area (Å²) >= 11 is 0. The molecule has 1 atom stereocenters. The van der Waals surface area contributed by atoms with E-state index >= 15 is 0 Å². The normalized spacial score (nSPS) is 14.9. The molecule has 108 valence electrons. The molecule has 1 aromatic rings. The van der Waals surface area contributed by atoms with Crippen molar-refractivity contribution in [2.75, 3.05) is 20.3 Å². The maximum atomic E-state index is 12.6. The number of alkyl halides is 3. The molecule has 3 N–H and O–H groups in total. The van der Waals surface area contributed by atoms with Gasteiger partial charge in [0.15, 0.2) is 11.5 Å². The molecule has 0 spiro atoms. The highest BCUT2D eigenvalue weighted by Gasteiger charge is 2.31. The molecule has 0 aliphatic heterocycles. The Morgan fingerprint density at radius 3 is 2.37 bits per heavy atom. The predicted octanol–water partition coefficient (Wildman–Crippen LogP) is 1.80. The molecule has 1 rings (SSSR count). The van der Waals surface area contributed by atoms with Gasteiger partial charge in [-0.1, -0.05) is 0 Å². The van der Waals surface area contributed by atoms with E-state index in [2.05, 4.69) is 0 Å². The van der Waals surface area contributed by atoms with E-state index in [1.54, 1.807) is 0 Å². The van der Waals surface area contributed by atoms with Gasteiger partial charge in [0.2, 0.25) is 0 Å². The van der Waals surface area contributed by atoms with Crippen molar-refractivity contribution in [1.82, 2.24) is 0 Å². The Balaban J connectivity index is 2.97. The van der Waals surface area contributed by atoms with Crippen molar-refractivity contribution < 1.29 is 27.8 Å². The molecular formula is C12H16F3NO3. The van der Waals surface area contributed by atoms with Crippen LogP contribution in [0.2, 0.25) is 0 Å². The third-order valence-electron chi connectivity index (χ3n) is 2.41. The lowest BCUT2D eigenvalue weighted by molar-refractivity contribution is -0.137. The largest absolute Gasteiger partial charge is 0.493 e. The van der Waals surface area contributed by atoms with Crippen molar-refractivity contribution in [3.05, 3.63) is 23.8 Å². The van der Waals surface area contributed by atoms with Crippen LogP contribution in [0.1, 0.15) is 12.5 Å². The van der Waals surface area contributed by atoms with E-state index in [-0.39, 0.29) is 24.7 Å². The van der Waals surface area contributed by atoms with Crippen LogP contribution in [0.5, 0.6) is 11.5 Å². The Bertz CT molecular complexity index is 433. The molecule has 0 saturated heterocycles. The summed E-state index contributed by atoms with van der Waals surface area (Å²) in [4.78, 5) is 0. The van der Waals surface area contributed by atoms with Crippen LogP contribution in [0, 0.1) is 0 Å². The minimum Gasteiger partial charge on any atom is -0.493 e. The first-order chi connectivity index (χ1) is 8.69. The third-order valence-corrected chi connectivity index (χ3v) is 2.41. The zero-order chi connectivity index (χ0) is 14.7. The second kappa shape index (κ2) is 5.66. The Morgan fingerprint density at radius 2 is 1.89 bits per heavy atom. The summed E-state index contributed by atoms with van der Waals surface area (Å²) in [5.74, 6) is 0.101. The van der Waals surface area contributed by atoms with Gasteiger partial charge >= 0.3 is 6.18 Å². The summed E-state index contributed by atoms with van der Waals surface area (Å²) < 4.78 is 47.9. The van der Waals surface area contributed by atoms with Crippen molar-refractivity contribution in [3.8, 4) is 11.5 Å². The average molecular weight is 279 g/mol. The molecule has 4 nitrogen and oxygen atoms in total. The van der Waals surface area contributed by atoms with Gasteiger partial charge in [0.1, 0.15) is 6.61 Å². The number of hydrogen-bond acceptors (Lipinski definition) is 4. The van der Waals surface area contributed by atoms with Gasteiger partial charge in [-0.2, -0.15) is 13.2 Å². The van der Waals surface area contributed by atoms with Crippen LogP contribution in [0.4, 0.5) is 13.2 Å². The summed E-state index contributed by atoms with van der Waals surface area (Å²) in [6.07, 6.45) is -4.46. The summed E-state index contributed by atoms with van der Waals surface area (Å²) in [5.41, 5.74) is 3.76. The fraction of sp³-hybridized carbons (Fsp3) is 0.500. The molecule has 0 heterocycles. The number of methoxy groups -OCH3 is 1. The van der Waals surface area contributed by atoms with Gasteiger partial charge in [0.25, 0.3) is 0 Å². The first-order valence-electron chi connectivity index (χ1n) is 5.47. The topological polar surface area (TPSA) is 64.7 Å². The van der Waals surface area contributed by atoms with E-state index in [1.165, 1.54) is 20.1 Å². The lowest BCUT2D eigenvalue weighted by Crippen LogP contribution is -2.45. The number of rotatable bonds is 5. The summed E-state index contributed by atoms with van der Waals surface area (Å²) in [5, 5.41) is 8.97. The van der Waals surface area contributed by atoms with E-state index < -0.39 is 17.3 Å². The quantitative estimate of drug-likeness (QED) is 0.862. The maximum absolute atomic E-state index is 12.6. The van der Waals surface area contributed by atoms with Gasteiger partial charge in [-0.25, -0.2) is 0 Å². The number of hydrogen-bond donors (Lipinski definition) is 2. The first kappa shape index (κ1) is 15.6. The standard InChI is InChI=1S/C12H16F3NO3/c1-11(16,6-17)7-19-10-5-8(12(13,14)15)3-4-9(10)18-2/h3-5,17H,6-7,16H2,1-2H3. The molecule has 0 aliphatic carbocycles. The maximum Gasteiger partial charge on any atom is 0.416 e. The molecule has 1 aromatic carbocycles. The number of benzene rings is 1. The molecule has 0 fully saturated rings. The van der Waals surface area contributed by atoms with Gasteiger partial charge in [-0.3, -0.25) is 0 Å². The lowest BCUT2D eigenvalue weighted by Gasteiger charge is -2.23. The number of aliphatic hydroxyl groups excluding tert-OH is 1. The second-order valence-corrected chi connectivity index (χ2v) is 4.46. The lowest BCUT2D eigenvalue weighted by atomic mass is 10.1. The van der Waals surface area contributed by atoms with Gasteiger partial charge in [0.05, 0.1) is 24.8 Å². The van der Waals surface area contributed by atoms with Crippen LogP contribution in [-0.2, 0) is 6.18 Å². The Kier molecular flexibility index (Phi) is 4.65. The Labute approximate surface area is 108 Å². The SMILES string of the molecule is COc1ccc(C(F)(F)F)cc1OCC(C)(N)CO. The van der Waals surface area contributed by atoms with Crippen molar-refractivity contribution in [2.45, 2.75) is 18.6 Å². The van der Waals surface area contributed by atoms with E-state index in [4.69, 9.17) is 20.3 Å². The molecule has 0 aromatic heterocycles. The highest BCUT2D eigenvalue weighted by Crippen LogP contribution is 2.36. The molecule has 1 unspecified atom stereocenters. The molecule has 0 aliphatic rings. The van der Waals surface area contributed by atoms with Crippen molar-refractivity contribution >= 4 is 0 Å². The fourth-order valence-corrected chi connectivity index (χ4v) is 1.25. The van der Waals surface area contributed by atoms with Crippen LogP contribution in [0.3, 0.4) is 0 Å².